The molecule has 0 spiro atoms. The van der Waals surface area contributed by atoms with E-state index in [4.69, 9.17) is 4.74 Å². The van der Waals surface area contributed by atoms with Gasteiger partial charge in [-0.1, -0.05) is 19.8 Å². The predicted molar refractivity (Wildman–Crippen MR) is 73.6 cm³/mol. The number of nitrogens with one attached hydrogen (secondary N) is 2. The lowest BCUT2D eigenvalue weighted by Gasteiger charge is -2.37. The van der Waals surface area contributed by atoms with Crippen LogP contribution in [-0.4, -0.2) is 37.2 Å². The number of carbonyl (C=O) groups is 1. The first-order valence-electron chi connectivity index (χ1n) is 7.32. The quantitative estimate of drug-likeness (QED) is 0.619. The summed E-state index contributed by atoms with van der Waals surface area (Å²) in [5.41, 5.74) is 0. The van der Waals surface area contributed by atoms with Gasteiger partial charge in [-0.3, -0.25) is 4.79 Å². The van der Waals surface area contributed by atoms with E-state index >= 15 is 0 Å². The minimum atomic E-state index is -0.0980. The maximum absolute atomic E-state index is 11.8. The number of hydrogen-bond acceptors (Lipinski definition) is 3. The number of amides is 1. The average molecular weight is 256 g/mol. The molecule has 4 nitrogen and oxygen atoms in total. The van der Waals surface area contributed by atoms with E-state index in [1.54, 1.807) is 0 Å². The largest absolute Gasteiger partial charge is 0.378 e. The Morgan fingerprint density at radius 1 is 1.33 bits per heavy atom. The van der Waals surface area contributed by atoms with Gasteiger partial charge in [-0.05, 0) is 33.1 Å². The molecule has 106 valence electrons. The van der Waals surface area contributed by atoms with Gasteiger partial charge in [-0.15, -0.1) is 0 Å². The number of carbonyl (C=O) groups excluding carboxylic acids is 1. The summed E-state index contributed by atoms with van der Waals surface area (Å²) < 4.78 is 5.50. The van der Waals surface area contributed by atoms with E-state index in [1.807, 2.05) is 13.8 Å². The van der Waals surface area contributed by atoms with Gasteiger partial charge in [-0.25, -0.2) is 0 Å². The van der Waals surface area contributed by atoms with E-state index in [2.05, 4.69) is 17.6 Å². The molecule has 1 rings (SSSR count). The first-order valence-corrected chi connectivity index (χ1v) is 7.32. The van der Waals surface area contributed by atoms with E-state index in [0.717, 1.165) is 32.4 Å². The molecule has 1 aliphatic carbocycles. The Kier molecular flexibility index (Phi) is 7.28. The van der Waals surface area contributed by atoms with Crippen LogP contribution in [0.2, 0.25) is 0 Å². The van der Waals surface area contributed by atoms with E-state index in [-0.39, 0.29) is 11.9 Å². The molecule has 0 bridgehead atoms. The summed E-state index contributed by atoms with van der Waals surface area (Å²) in [6.07, 6.45) is 5.89. The first kappa shape index (κ1) is 15.4. The van der Waals surface area contributed by atoms with Gasteiger partial charge in [0.15, 0.2) is 0 Å². The average Bonchev–Trinajstić information content (AvgIpc) is 2.31. The van der Waals surface area contributed by atoms with Gasteiger partial charge < -0.3 is 15.4 Å². The zero-order valence-electron chi connectivity index (χ0n) is 12.0. The molecular formula is C14H28N2O2. The van der Waals surface area contributed by atoms with Crippen LogP contribution in [0.4, 0.5) is 0 Å². The van der Waals surface area contributed by atoms with Crippen molar-refractivity contribution in [1.29, 1.82) is 0 Å². The predicted octanol–water partition coefficient (Wildman–Crippen LogP) is 1.84. The SMILES string of the molecule is CCCCCNC(=O)C(C)NC1CC(OCC)C1. The van der Waals surface area contributed by atoms with Crippen molar-refractivity contribution >= 4 is 5.91 Å². The van der Waals surface area contributed by atoms with Crippen molar-refractivity contribution < 1.29 is 9.53 Å². The lowest BCUT2D eigenvalue weighted by atomic mass is 9.88. The van der Waals surface area contributed by atoms with Crippen LogP contribution in [0.25, 0.3) is 0 Å². The van der Waals surface area contributed by atoms with E-state index in [1.165, 1.54) is 12.8 Å². The molecule has 1 amide bonds. The fraction of sp³-hybridized carbons (Fsp3) is 0.929. The van der Waals surface area contributed by atoms with E-state index in [9.17, 15) is 4.79 Å². The summed E-state index contributed by atoms with van der Waals surface area (Å²) in [6, 6.07) is 0.345. The highest BCUT2D eigenvalue weighted by molar-refractivity contribution is 5.81. The molecule has 0 saturated heterocycles. The Hall–Kier alpha value is -0.610. The fourth-order valence-corrected chi connectivity index (χ4v) is 2.24. The molecule has 18 heavy (non-hydrogen) atoms. The van der Waals surface area contributed by atoms with Gasteiger partial charge in [0.2, 0.25) is 5.91 Å². The number of rotatable bonds is 9. The van der Waals surface area contributed by atoms with Gasteiger partial charge in [0.25, 0.3) is 0 Å². The van der Waals surface area contributed by atoms with Crippen molar-refractivity contribution in [1.82, 2.24) is 10.6 Å². The molecule has 1 saturated carbocycles. The third kappa shape index (κ3) is 5.36. The molecule has 1 unspecified atom stereocenters. The topological polar surface area (TPSA) is 50.4 Å². The number of ether oxygens (including phenoxy) is 1. The van der Waals surface area contributed by atoms with Crippen LogP contribution in [0.5, 0.6) is 0 Å². The Bertz CT molecular complexity index is 240. The van der Waals surface area contributed by atoms with Gasteiger partial charge >= 0.3 is 0 Å². The minimum absolute atomic E-state index is 0.0980. The summed E-state index contributed by atoms with van der Waals surface area (Å²) in [7, 11) is 0. The Morgan fingerprint density at radius 3 is 2.67 bits per heavy atom. The summed E-state index contributed by atoms with van der Waals surface area (Å²) in [6.45, 7) is 7.70. The smallest absolute Gasteiger partial charge is 0.236 e. The highest BCUT2D eigenvalue weighted by Gasteiger charge is 2.31. The highest BCUT2D eigenvalue weighted by atomic mass is 16.5. The van der Waals surface area contributed by atoms with Gasteiger partial charge in [-0.2, -0.15) is 0 Å². The Morgan fingerprint density at radius 2 is 2.06 bits per heavy atom. The standard InChI is InChI=1S/C14H28N2O2/c1-4-6-7-8-15-14(17)11(3)16-12-9-13(10-12)18-5-2/h11-13,16H,4-10H2,1-3H3,(H,15,17). The van der Waals surface area contributed by atoms with Crippen molar-refractivity contribution in [3.8, 4) is 0 Å². The van der Waals surface area contributed by atoms with Gasteiger partial charge in [0.1, 0.15) is 0 Å². The van der Waals surface area contributed by atoms with Crippen LogP contribution in [0.3, 0.4) is 0 Å². The molecular weight excluding hydrogens is 228 g/mol. The van der Waals surface area contributed by atoms with Crippen molar-refractivity contribution in [3.05, 3.63) is 0 Å². The normalized spacial score (nSPS) is 24.4. The van der Waals surface area contributed by atoms with Crippen LogP contribution < -0.4 is 10.6 Å². The molecule has 0 aromatic rings. The minimum Gasteiger partial charge on any atom is -0.378 e. The molecule has 1 aliphatic rings. The van der Waals surface area contributed by atoms with Crippen LogP contribution >= 0.6 is 0 Å². The number of hydrogen-bond donors (Lipinski definition) is 2. The van der Waals surface area contributed by atoms with Crippen LogP contribution in [0, 0.1) is 0 Å². The molecule has 1 atom stereocenters. The van der Waals surface area contributed by atoms with Crippen molar-refractivity contribution in [2.24, 2.45) is 0 Å². The molecule has 2 N–H and O–H groups in total. The summed E-state index contributed by atoms with van der Waals surface area (Å²) in [5, 5.41) is 6.33. The maximum Gasteiger partial charge on any atom is 0.236 e. The lowest BCUT2D eigenvalue weighted by molar-refractivity contribution is -0.123. The molecule has 4 heteroatoms. The third-order valence-corrected chi connectivity index (χ3v) is 3.46. The second-order valence-electron chi connectivity index (χ2n) is 5.13. The third-order valence-electron chi connectivity index (χ3n) is 3.46. The second kappa shape index (κ2) is 8.48. The first-order chi connectivity index (χ1) is 8.67. The molecule has 0 heterocycles. The Labute approximate surface area is 111 Å². The highest BCUT2D eigenvalue weighted by Crippen LogP contribution is 2.23. The summed E-state index contributed by atoms with van der Waals surface area (Å²) in [5.74, 6) is 0.117. The Balaban J connectivity index is 2.06. The molecule has 0 aromatic heterocycles. The summed E-state index contributed by atoms with van der Waals surface area (Å²) in [4.78, 5) is 11.8. The van der Waals surface area contributed by atoms with E-state index < -0.39 is 0 Å². The molecule has 0 radical (unpaired) electrons. The zero-order chi connectivity index (χ0) is 13.4. The maximum atomic E-state index is 11.8. The van der Waals surface area contributed by atoms with Gasteiger partial charge in [0, 0.05) is 19.2 Å². The second-order valence-corrected chi connectivity index (χ2v) is 5.13. The molecule has 0 aliphatic heterocycles. The van der Waals surface area contributed by atoms with Gasteiger partial charge in [0.05, 0.1) is 12.1 Å². The number of unbranched alkanes of at least 4 members (excludes halogenated alkanes) is 2. The molecule has 0 aromatic carbocycles. The van der Waals surface area contributed by atoms with Crippen LogP contribution in [-0.2, 0) is 9.53 Å². The van der Waals surface area contributed by atoms with Crippen molar-refractivity contribution in [3.63, 3.8) is 0 Å². The summed E-state index contributed by atoms with van der Waals surface area (Å²) >= 11 is 0. The van der Waals surface area contributed by atoms with Crippen molar-refractivity contribution in [2.75, 3.05) is 13.2 Å². The zero-order valence-corrected chi connectivity index (χ0v) is 12.0. The van der Waals surface area contributed by atoms with Crippen molar-refractivity contribution in [2.45, 2.75) is 71.1 Å². The van der Waals surface area contributed by atoms with E-state index in [0.29, 0.717) is 12.1 Å². The lowest BCUT2D eigenvalue weighted by Crippen LogP contribution is -2.53. The fourth-order valence-electron chi connectivity index (χ4n) is 2.24. The monoisotopic (exact) mass is 256 g/mol. The van der Waals surface area contributed by atoms with Crippen LogP contribution in [0.1, 0.15) is 52.9 Å². The van der Waals surface area contributed by atoms with Crippen LogP contribution in [0.15, 0.2) is 0 Å². The molecule has 1 fully saturated rings.